The summed E-state index contributed by atoms with van der Waals surface area (Å²) in [7, 11) is 0. The third-order valence-electron chi connectivity index (χ3n) is 3.56. The van der Waals surface area contributed by atoms with Crippen LogP contribution < -0.4 is 5.32 Å². The first kappa shape index (κ1) is 13.5. The molecular formula is C13H16N2O4. The van der Waals surface area contributed by atoms with Crippen LogP contribution in [0, 0.1) is 15.5 Å². The summed E-state index contributed by atoms with van der Waals surface area (Å²) < 4.78 is 0. The second kappa shape index (κ2) is 5.36. The molecule has 0 unspecified atom stereocenters. The maximum Gasteiger partial charge on any atom is 0.269 e. The number of hydrogen-bond acceptors (Lipinski definition) is 4. The van der Waals surface area contributed by atoms with Gasteiger partial charge in [-0.3, -0.25) is 14.9 Å². The van der Waals surface area contributed by atoms with E-state index in [1.807, 2.05) is 0 Å². The van der Waals surface area contributed by atoms with E-state index in [2.05, 4.69) is 5.32 Å². The second-order valence-electron chi connectivity index (χ2n) is 4.96. The molecule has 1 aromatic rings. The summed E-state index contributed by atoms with van der Waals surface area (Å²) in [6, 6.07) is 5.52. The molecule has 1 fully saturated rings. The van der Waals surface area contributed by atoms with Crippen molar-refractivity contribution >= 4 is 11.6 Å². The highest BCUT2D eigenvalue weighted by atomic mass is 16.6. The predicted molar refractivity (Wildman–Crippen MR) is 68.8 cm³/mol. The van der Waals surface area contributed by atoms with Gasteiger partial charge in [0.2, 0.25) is 0 Å². The van der Waals surface area contributed by atoms with E-state index in [1.165, 1.54) is 24.3 Å². The molecule has 2 N–H and O–H groups in total. The van der Waals surface area contributed by atoms with Crippen molar-refractivity contribution in [2.24, 2.45) is 5.41 Å². The standard InChI is InChI=1S/C13H16N2O4/c16-8-7-13(5-6-13)9-14-12(17)10-1-3-11(4-2-10)15(18)19/h1-4,16H,5-9H2,(H,14,17). The number of nitrogens with one attached hydrogen (secondary N) is 1. The molecule has 0 bridgehead atoms. The molecule has 0 radical (unpaired) electrons. The zero-order chi connectivity index (χ0) is 13.9. The van der Waals surface area contributed by atoms with Crippen LogP contribution in [-0.2, 0) is 0 Å². The van der Waals surface area contributed by atoms with Gasteiger partial charge in [-0.25, -0.2) is 0 Å². The van der Waals surface area contributed by atoms with Crippen molar-refractivity contribution in [2.45, 2.75) is 19.3 Å². The lowest BCUT2D eigenvalue weighted by Crippen LogP contribution is -2.30. The van der Waals surface area contributed by atoms with E-state index in [-0.39, 0.29) is 23.6 Å². The monoisotopic (exact) mass is 264 g/mol. The van der Waals surface area contributed by atoms with Crippen LogP contribution in [0.15, 0.2) is 24.3 Å². The number of benzene rings is 1. The lowest BCUT2D eigenvalue weighted by molar-refractivity contribution is -0.384. The van der Waals surface area contributed by atoms with Gasteiger partial charge in [0.05, 0.1) is 4.92 Å². The Kier molecular flexibility index (Phi) is 3.80. The smallest absolute Gasteiger partial charge is 0.269 e. The van der Waals surface area contributed by atoms with E-state index in [1.54, 1.807) is 0 Å². The predicted octanol–water partition coefficient (Wildman–Crippen LogP) is 1.49. The van der Waals surface area contributed by atoms with Crippen LogP contribution in [0.3, 0.4) is 0 Å². The highest BCUT2D eigenvalue weighted by Gasteiger charge is 2.41. The van der Waals surface area contributed by atoms with Crippen LogP contribution in [0.1, 0.15) is 29.6 Å². The Balaban J connectivity index is 1.91. The maximum atomic E-state index is 11.9. The topological polar surface area (TPSA) is 92.5 Å². The van der Waals surface area contributed by atoms with Crippen LogP contribution in [0.25, 0.3) is 0 Å². The fourth-order valence-corrected chi connectivity index (χ4v) is 2.03. The van der Waals surface area contributed by atoms with Gasteiger partial charge in [-0.1, -0.05) is 0 Å². The third kappa shape index (κ3) is 3.29. The van der Waals surface area contributed by atoms with Crippen molar-refractivity contribution in [3.8, 4) is 0 Å². The van der Waals surface area contributed by atoms with Crippen LogP contribution in [-0.4, -0.2) is 29.1 Å². The van der Waals surface area contributed by atoms with E-state index < -0.39 is 4.92 Å². The van der Waals surface area contributed by atoms with Gasteiger partial charge in [0.25, 0.3) is 11.6 Å². The lowest BCUT2D eigenvalue weighted by atomic mass is 10.0. The number of carbonyl (C=O) groups excluding carboxylic acids is 1. The number of carbonyl (C=O) groups is 1. The molecule has 0 aromatic heterocycles. The molecule has 102 valence electrons. The summed E-state index contributed by atoms with van der Waals surface area (Å²) in [5.74, 6) is -0.237. The molecule has 1 aromatic carbocycles. The zero-order valence-electron chi connectivity index (χ0n) is 10.5. The number of rotatable bonds is 6. The van der Waals surface area contributed by atoms with Crippen molar-refractivity contribution in [2.75, 3.05) is 13.2 Å². The van der Waals surface area contributed by atoms with Crippen LogP contribution in [0.5, 0.6) is 0 Å². The van der Waals surface area contributed by atoms with Crippen molar-refractivity contribution in [3.05, 3.63) is 39.9 Å². The first-order valence-corrected chi connectivity index (χ1v) is 6.20. The molecule has 0 aliphatic heterocycles. The summed E-state index contributed by atoms with van der Waals surface area (Å²) in [6.45, 7) is 0.677. The first-order chi connectivity index (χ1) is 9.06. The minimum absolute atomic E-state index is 0.0320. The summed E-state index contributed by atoms with van der Waals surface area (Å²) in [5, 5.41) is 22.2. The van der Waals surface area contributed by atoms with Crippen molar-refractivity contribution in [1.29, 1.82) is 0 Å². The number of amides is 1. The maximum absolute atomic E-state index is 11.9. The van der Waals surface area contributed by atoms with Gasteiger partial charge in [-0.15, -0.1) is 0 Å². The normalized spacial score (nSPS) is 15.8. The number of aliphatic hydroxyl groups excluding tert-OH is 1. The highest BCUT2D eigenvalue weighted by molar-refractivity contribution is 5.94. The van der Waals surface area contributed by atoms with E-state index in [4.69, 9.17) is 5.11 Å². The first-order valence-electron chi connectivity index (χ1n) is 6.20. The third-order valence-corrected chi connectivity index (χ3v) is 3.56. The molecule has 1 saturated carbocycles. The number of nitro benzene ring substituents is 1. The number of nitro groups is 1. The molecule has 0 spiro atoms. The summed E-state index contributed by atoms with van der Waals surface area (Å²) in [6.07, 6.45) is 2.75. The summed E-state index contributed by atoms with van der Waals surface area (Å²) in [4.78, 5) is 21.9. The average molecular weight is 264 g/mol. The molecule has 0 heterocycles. The van der Waals surface area contributed by atoms with Gasteiger partial charge in [-0.05, 0) is 36.8 Å². The minimum atomic E-state index is -0.498. The Morgan fingerprint density at radius 3 is 2.47 bits per heavy atom. The minimum Gasteiger partial charge on any atom is -0.396 e. The molecule has 0 saturated heterocycles. The Hall–Kier alpha value is -1.95. The van der Waals surface area contributed by atoms with Gasteiger partial charge in [-0.2, -0.15) is 0 Å². The van der Waals surface area contributed by atoms with Gasteiger partial charge < -0.3 is 10.4 Å². The Bertz CT molecular complexity index is 480. The second-order valence-corrected chi connectivity index (χ2v) is 4.96. The molecule has 1 aliphatic carbocycles. The Morgan fingerprint density at radius 2 is 2.00 bits per heavy atom. The molecular weight excluding hydrogens is 248 g/mol. The van der Waals surface area contributed by atoms with E-state index >= 15 is 0 Å². The van der Waals surface area contributed by atoms with E-state index in [0.29, 0.717) is 18.5 Å². The fourth-order valence-electron chi connectivity index (χ4n) is 2.03. The van der Waals surface area contributed by atoms with Crippen LogP contribution in [0.4, 0.5) is 5.69 Å². The molecule has 19 heavy (non-hydrogen) atoms. The Labute approximate surface area is 110 Å². The highest BCUT2D eigenvalue weighted by Crippen LogP contribution is 2.47. The molecule has 2 rings (SSSR count). The molecule has 0 atom stereocenters. The lowest BCUT2D eigenvalue weighted by Gasteiger charge is -2.14. The van der Waals surface area contributed by atoms with Gasteiger partial charge in [0, 0.05) is 30.8 Å². The van der Waals surface area contributed by atoms with Crippen molar-refractivity contribution in [1.82, 2.24) is 5.32 Å². The van der Waals surface area contributed by atoms with Crippen LogP contribution >= 0.6 is 0 Å². The van der Waals surface area contributed by atoms with Crippen molar-refractivity contribution in [3.63, 3.8) is 0 Å². The summed E-state index contributed by atoms with van der Waals surface area (Å²) >= 11 is 0. The van der Waals surface area contributed by atoms with Crippen molar-refractivity contribution < 1.29 is 14.8 Å². The van der Waals surface area contributed by atoms with Gasteiger partial charge in [0.15, 0.2) is 0 Å². The number of aliphatic hydroxyl groups is 1. The molecule has 1 amide bonds. The Morgan fingerprint density at radius 1 is 1.37 bits per heavy atom. The quantitative estimate of drug-likeness (QED) is 0.601. The van der Waals surface area contributed by atoms with E-state index in [0.717, 1.165) is 12.8 Å². The van der Waals surface area contributed by atoms with E-state index in [9.17, 15) is 14.9 Å². The number of nitrogens with zero attached hydrogens (tertiary/aromatic N) is 1. The zero-order valence-corrected chi connectivity index (χ0v) is 10.5. The average Bonchev–Trinajstić information content (AvgIpc) is 3.17. The SMILES string of the molecule is O=C(NCC1(CCO)CC1)c1ccc([N+](=O)[O-])cc1. The fraction of sp³-hybridized carbons (Fsp3) is 0.462. The molecule has 6 heteroatoms. The largest absolute Gasteiger partial charge is 0.396 e. The van der Waals surface area contributed by atoms with Gasteiger partial charge >= 0.3 is 0 Å². The number of non-ortho nitro benzene ring substituents is 1. The van der Waals surface area contributed by atoms with Crippen LogP contribution in [0.2, 0.25) is 0 Å². The molecule has 6 nitrogen and oxygen atoms in total. The van der Waals surface area contributed by atoms with Gasteiger partial charge in [0.1, 0.15) is 0 Å². The summed E-state index contributed by atoms with van der Waals surface area (Å²) in [5.41, 5.74) is 0.437. The number of hydrogen-bond donors (Lipinski definition) is 2. The molecule has 1 aliphatic rings.